The molecule has 1 aliphatic rings. The van der Waals surface area contributed by atoms with Gasteiger partial charge in [-0.1, -0.05) is 0 Å². The minimum Gasteiger partial charge on any atom is -0.450 e. The molecule has 3 heterocycles. The van der Waals surface area contributed by atoms with Crippen LogP contribution in [0.3, 0.4) is 0 Å². The zero-order chi connectivity index (χ0) is 16.9. The first-order valence-electron chi connectivity index (χ1n) is 7.84. The molecule has 24 heavy (non-hydrogen) atoms. The van der Waals surface area contributed by atoms with Crippen molar-refractivity contribution < 1.29 is 14.3 Å². The largest absolute Gasteiger partial charge is 0.450 e. The van der Waals surface area contributed by atoms with Gasteiger partial charge in [-0.15, -0.1) is 0 Å². The van der Waals surface area contributed by atoms with Crippen molar-refractivity contribution in [3.8, 4) is 5.82 Å². The lowest BCUT2D eigenvalue weighted by molar-refractivity contribution is 0.0570. The number of carbonyl (C=O) groups excluding carboxylic acids is 2. The number of rotatable bonds is 3. The van der Waals surface area contributed by atoms with Crippen molar-refractivity contribution in [1.29, 1.82) is 0 Å². The minimum absolute atomic E-state index is 0.0804. The van der Waals surface area contributed by atoms with Crippen LogP contribution in [-0.2, 0) is 4.74 Å². The summed E-state index contributed by atoms with van der Waals surface area (Å²) in [5.74, 6) is 0.624. The molecule has 0 N–H and O–H groups in total. The lowest BCUT2D eigenvalue weighted by atomic mass is 10.2. The molecule has 2 aromatic rings. The van der Waals surface area contributed by atoms with E-state index in [1.165, 1.54) is 0 Å². The van der Waals surface area contributed by atoms with E-state index in [2.05, 4.69) is 9.97 Å². The molecule has 1 saturated heterocycles. The van der Waals surface area contributed by atoms with Crippen LogP contribution in [-0.4, -0.2) is 69.1 Å². The van der Waals surface area contributed by atoms with E-state index in [9.17, 15) is 9.59 Å². The van der Waals surface area contributed by atoms with Gasteiger partial charge in [-0.3, -0.25) is 9.36 Å². The van der Waals surface area contributed by atoms with Crippen molar-refractivity contribution in [3.05, 3.63) is 42.6 Å². The molecule has 3 rings (SSSR count). The van der Waals surface area contributed by atoms with Crippen LogP contribution in [0.25, 0.3) is 5.82 Å². The van der Waals surface area contributed by atoms with Crippen LogP contribution in [0.2, 0.25) is 0 Å². The number of hydrogen-bond acceptors (Lipinski definition) is 5. The van der Waals surface area contributed by atoms with Crippen molar-refractivity contribution in [2.75, 3.05) is 32.8 Å². The van der Waals surface area contributed by atoms with E-state index in [1.807, 2.05) is 0 Å². The van der Waals surface area contributed by atoms with E-state index in [0.717, 1.165) is 0 Å². The van der Waals surface area contributed by atoms with Crippen molar-refractivity contribution in [2.24, 2.45) is 0 Å². The van der Waals surface area contributed by atoms with Crippen LogP contribution in [0, 0.1) is 0 Å². The lowest BCUT2D eigenvalue weighted by Gasteiger charge is -2.34. The Balaban J connectivity index is 1.60. The third-order valence-corrected chi connectivity index (χ3v) is 3.86. The topological polar surface area (TPSA) is 80.6 Å². The first-order chi connectivity index (χ1) is 11.7. The van der Waals surface area contributed by atoms with Crippen LogP contribution in [0.5, 0.6) is 0 Å². The molecule has 0 saturated carbocycles. The van der Waals surface area contributed by atoms with Gasteiger partial charge in [0.25, 0.3) is 5.91 Å². The molecular weight excluding hydrogens is 310 g/mol. The van der Waals surface area contributed by atoms with Gasteiger partial charge < -0.3 is 14.5 Å². The summed E-state index contributed by atoms with van der Waals surface area (Å²) in [5, 5.41) is 0. The molecule has 0 radical (unpaired) electrons. The molecule has 0 atom stereocenters. The quantitative estimate of drug-likeness (QED) is 0.845. The molecule has 0 unspecified atom stereocenters. The van der Waals surface area contributed by atoms with E-state index in [1.54, 1.807) is 58.3 Å². The Kier molecular flexibility index (Phi) is 4.74. The van der Waals surface area contributed by atoms with Crippen molar-refractivity contribution >= 4 is 12.0 Å². The summed E-state index contributed by atoms with van der Waals surface area (Å²) in [6.45, 7) is 4.06. The monoisotopic (exact) mass is 329 g/mol. The molecule has 1 aliphatic heterocycles. The highest BCUT2D eigenvalue weighted by atomic mass is 16.6. The number of ether oxygens (including phenoxy) is 1. The predicted octanol–water partition coefficient (Wildman–Crippen LogP) is 1.18. The van der Waals surface area contributed by atoms with Gasteiger partial charge in [0.15, 0.2) is 0 Å². The number of piperazine rings is 1. The zero-order valence-corrected chi connectivity index (χ0v) is 13.5. The number of pyridine rings is 1. The van der Waals surface area contributed by atoms with Crippen LogP contribution >= 0.6 is 0 Å². The first kappa shape index (κ1) is 16.0. The lowest BCUT2D eigenvalue weighted by Crippen LogP contribution is -2.50. The maximum atomic E-state index is 12.5. The summed E-state index contributed by atoms with van der Waals surface area (Å²) < 4.78 is 6.75. The Bertz CT molecular complexity index is 691. The number of amides is 2. The fourth-order valence-electron chi connectivity index (χ4n) is 2.55. The predicted molar refractivity (Wildman–Crippen MR) is 85.9 cm³/mol. The standard InChI is InChI=1S/C16H19N5O3/c1-2-24-16(23)20-9-7-19(8-10-20)15(22)13-3-4-14(18-11-13)21-6-5-17-12-21/h3-6,11-12H,2,7-10H2,1H3. The average molecular weight is 329 g/mol. The molecule has 8 heteroatoms. The SMILES string of the molecule is CCOC(=O)N1CCN(C(=O)c2ccc(-n3ccnc3)nc2)CC1. The Hall–Kier alpha value is -2.90. The third-order valence-electron chi connectivity index (χ3n) is 3.86. The van der Waals surface area contributed by atoms with Crippen LogP contribution < -0.4 is 0 Å². The first-order valence-corrected chi connectivity index (χ1v) is 7.84. The van der Waals surface area contributed by atoms with E-state index in [-0.39, 0.29) is 12.0 Å². The summed E-state index contributed by atoms with van der Waals surface area (Å²) in [7, 11) is 0. The summed E-state index contributed by atoms with van der Waals surface area (Å²) in [5.41, 5.74) is 0.531. The Morgan fingerprint density at radius 3 is 2.50 bits per heavy atom. The molecule has 2 aromatic heterocycles. The Morgan fingerprint density at radius 1 is 1.17 bits per heavy atom. The molecule has 0 aliphatic carbocycles. The van der Waals surface area contributed by atoms with E-state index >= 15 is 0 Å². The van der Waals surface area contributed by atoms with Gasteiger partial charge in [0.05, 0.1) is 12.2 Å². The highest BCUT2D eigenvalue weighted by molar-refractivity contribution is 5.94. The summed E-state index contributed by atoms with van der Waals surface area (Å²) in [6, 6.07) is 3.53. The smallest absolute Gasteiger partial charge is 0.409 e. The van der Waals surface area contributed by atoms with Gasteiger partial charge in [-0.2, -0.15) is 0 Å². The third kappa shape index (κ3) is 3.37. The maximum absolute atomic E-state index is 12.5. The van der Waals surface area contributed by atoms with Gasteiger partial charge in [0.1, 0.15) is 12.1 Å². The zero-order valence-electron chi connectivity index (χ0n) is 13.5. The highest BCUT2D eigenvalue weighted by Crippen LogP contribution is 2.11. The average Bonchev–Trinajstić information content (AvgIpc) is 3.16. The molecule has 0 aromatic carbocycles. The van der Waals surface area contributed by atoms with Crippen LogP contribution in [0.4, 0.5) is 4.79 Å². The summed E-state index contributed by atoms with van der Waals surface area (Å²) in [6.07, 6.45) is 6.35. The molecule has 0 spiro atoms. The van der Waals surface area contributed by atoms with Gasteiger partial charge in [0, 0.05) is 44.8 Å². The highest BCUT2D eigenvalue weighted by Gasteiger charge is 2.25. The van der Waals surface area contributed by atoms with Gasteiger partial charge in [-0.25, -0.2) is 14.8 Å². The second kappa shape index (κ2) is 7.12. The molecule has 8 nitrogen and oxygen atoms in total. The second-order valence-electron chi connectivity index (χ2n) is 5.35. The minimum atomic E-state index is -0.323. The number of aromatic nitrogens is 3. The van der Waals surface area contributed by atoms with Gasteiger partial charge in [-0.05, 0) is 19.1 Å². The fourth-order valence-corrected chi connectivity index (χ4v) is 2.55. The number of carbonyl (C=O) groups is 2. The molecular formula is C16H19N5O3. The van der Waals surface area contributed by atoms with E-state index < -0.39 is 0 Å². The summed E-state index contributed by atoms with van der Waals surface area (Å²) in [4.78, 5) is 35.8. The fraction of sp³-hybridized carbons (Fsp3) is 0.375. The molecule has 126 valence electrons. The van der Waals surface area contributed by atoms with Crippen LogP contribution in [0.1, 0.15) is 17.3 Å². The Morgan fingerprint density at radius 2 is 1.92 bits per heavy atom. The van der Waals surface area contributed by atoms with Crippen LogP contribution in [0.15, 0.2) is 37.1 Å². The van der Waals surface area contributed by atoms with Crippen molar-refractivity contribution in [3.63, 3.8) is 0 Å². The van der Waals surface area contributed by atoms with Gasteiger partial charge >= 0.3 is 6.09 Å². The van der Waals surface area contributed by atoms with Crippen molar-refractivity contribution in [2.45, 2.75) is 6.92 Å². The molecule has 0 bridgehead atoms. The Labute approximate surface area is 139 Å². The second-order valence-corrected chi connectivity index (χ2v) is 5.35. The van der Waals surface area contributed by atoms with E-state index in [4.69, 9.17) is 4.74 Å². The molecule has 2 amide bonds. The number of hydrogen-bond donors (Lipinski definition) is 0. The maximum Gasteiger partial charge on any atom is 0.409 e. The van der Waals surface area contributed by atoms with E-state index in [0.29, 0.717) is 44.2 Å². The number of imidazole rings is 1. The summed E-state index contributed by atoms with van der Waals surface area (Å²) >= 11 is 0. The van der Waals surface area contributed by atoms with Crippen molar-refractivity contribution in [1.82, 2.24) is 24.3 Å². The molecule has 1 fully saturated rings. The normalized spacial score (nSPS) is 14.5. The number of nitrogens with zero attached hydrogens (tertiary/aromatic N) is 5. The van der Waals surface area contributed by atoms with Gasteiger partial charge in [0.2, 0.25) is 0 Å².